The first-order valence-electron chi connectivity index (χ1n) is 7.41. The number of imide groups is 1. The molecule has 2 aromatic rings. The smallest absolute Gasteiger partial charge is 0.268 e. The molecule has 0 unspecified atom stereocenters. The second-order valence-corrected chi connectivity index (χ2v) is 7.28. The molecule has 2 amide bonds. The van der Waals surface area contributed by atoms with Crippen molar-refractivity contribution in [2.75, 3.05) is 10.7 Å². The number of carbonyl (C=O) groups is 2. The van der Waals surface area contributed by atoms with Gasteiger partial charge in [-0.1, -0.05) is 42.3 Å². The zero-order valence-corrected chi connectivity index (χ0v) is 15.4. The van der Waals surface area contributed by atoms with Crippen LogP contribution in [0, 0.1) is 5.82 Å². The van der Waals surface area contributed by atoms with E-state index in [1.165, 1.54) is 48.2 Å². The fourth-order valence-electron chi connectivity index (χ4n) is 2.52. The van der Waals surface area contributed by atoms with Crippen molar-refractivity contribution >= 4 is 58.0 Å². The molecule has 3 nitrogen and oxygen atoms in total. The second-order valence-electron chi connectivity index (χ2n) is 5.19. The molecule has 1 aliphatic heterocycles. The molecule has 25 heavy (non-hydrogen) atoms. The maximum atomic E-state index is 13.2. The van der Waals surface area contributed by atoms with E-state index in [4.69, 9.17) is 23.2 Å². The van der Waals surface area contributed by atoms with Crippen molar-refractivity contribution in [2.45, 2.75) is 6.92 Å². The highest BCUT2D eigenvalue weighted by atomic mass is 35.5. The summed E-state index contributed by atoms with van der Waals surface area (Å²) in [5, 5.41) is 0.582. The van der Waals surface area contributed by atoms with Crippen LogP contribution in [0.3, 0.4) is 0 Å². The molecule has 0 atom stereocenters. The summed E-state index contributed by atoms with van der Waals surface area (Å²) in [6.07, 6.45) is 0. The highest BCUT2D eigenvalue weighted by Gasteiger charge is 2.40. The van der Waals surface area contributed by atoms with Gasteiger partial charge in [-0.05, 0) is 41.6 Å². The van der Waals surface area contributed by atoms with Crippen LogP contribution in [-0.2, 0) is 9.59 Å². The van der Waals surface area contributed by atoms with E-state index in [2.05, 4.69) is 0 Å². The molecule has 0 spiro atoms. The van der Waals surface area contributed by atoms with Crippen molar-refractivity contribution < 1.29 is 14.0 Å². The fraction of sp³-hybridized carbons (Fsp3) is 0.111. The minimum absolute atomic E-state index is 0.250. The van der Waals surface area contributed by atoms with E-state index in [-0.39, 0.29) is 10.6 Å². The van der Waals surface area contributed by atoms with Crippen LogP contribution in [0.4, 0.5) is 10.1 Å². The van der Waals surface area contributed by atoms with Crippen LogP contribution >= 0.6 is 35.0 Å². The summed E-state index contributed by atoms with van der Waals surface area (Å²) in [4.78, 5) is 27.2. The van der Waals surface area contributed by atoms with Crippen LogP contribution < -0.4 is 4.90 Å². The fourth-order valence-corrected chi connectivity index (χ4v) is 3.66. The minimum Gasteiger partial charge on any atom is -0.268 e. The number of hydrogen-bond donors (Lipinski definition) is 0. The lowest BCUT2D eigenvalue weighted by molar-refractivity contribution is -0.119. The molecule has 7 heteroatoms. The van der Waals surface area contributed by atoms with Crippen molar-refractivity contribution in [3.63, 3.8) is 0 Å². The van der Waals surface area contributed by atoms with Crippen LogP contribution in [0.1, 0.15) is 12.5 Å². The molecule has 0 saturated carbocycles. The Bertz CT molecular complexity index is 896. The summed E-state index contributed by atoms with van der Waals surface area (Å²) in [5.41, 5.74) is 1.11. The maximum Gasteiger partial charge on any atom is 0.272 e. The van der Waals surface area contributed by atoms with Crippen LogP contribution in [0.5, 0.6) is 0 Å². The van der Waals surface area contributed by atoms with Gasteiger partial charge in [0.1, 0.15) is 5.82 Å². The Morgan fingerprint density at radius 3 is 2.28 bits per heavy atom. The Balaban J connectivity index is 2.09. The number of thioether (sulfide) groups is 1. The molecule has 0 aromatic heterocycles. The van der Waals surface area contributed by atoms with E-state index < -0.39 is 17.6 Å². The van der Waals surface area contributed by atoms with Crippen molar-refractivity contribution in [1.82, 2.24) is 0 Å². The molecule has 0 fully saturated rings. The molecule has 0 saturated heterocycles. The summed E-state index contributed by atoms with van der Waals surface area (Å²) in [7, 11) is 0. The van der Waals surface area contributed by atoms with Crippen LogP contribution in [0.15, 0.2) is 47.4 Å². The normalized spacial score (nSPS) is 14.6. The van der Waals surface area contributed by atoms with Gasteiger partial charge >= 0.3 is 0 Å². The zero-order valence-electron chi connectivity index (χ0n) is 13.1. The zero-order chi connectivity index (χ0) is 18.1. The van der Waals surface area contributed by atoms with Gasteiger partial charge in [0.25, 0.3) is 11.8 Å². The molecule has 0 radical (unpaired) electrons. The lowest BCUT2D eigenvalue weighted by Crippen LogP contribution is -2.31. The summed E-state index contributed by atoms with van der Waals surface area (Å²) in [6.45, 7) is 1.89. The molecule has 0 aliphatic carbocycles. The Morgan fingerprint density at radius 2 is 1.68 bits per heavy atom. The van der Waals surface area contributed by atoms with Crippen molar-refractivity contribution in [3.05, 3.63) is 68.8 Å². The van der Waals surface area contributed by atoms with E-state index in [0.29, 0.717) is 26.9 Å². The predicted octanol–water partition coefficient (Wildman–Crippen LogP) is 5.17. The van der Waals surface area contributed by atoms with Gasteiger partial charge in [-0.2, -0.15) is 0 Å². The number of benzene rings is 2. The molecular formula is C18H12Cl2FNO2S. The number of halogens is 3. The molecule has 1 heterocycles. The van der Waals surface area contributed by atoms with Crippen LogP contribution in [0.2, 0.25) is 10.0 Å². The molecular weight excluding hydrogens is 384 g/mol. The van der Waals surface area contributed by atoms with Gasteiger partial charge in [-0.15, -0.1) is 11.8 Å². The van der Waals surface area contributed by atoms with Gasteiger partial charge in [-0.25, -0.2) is 9.29 Å². The van der Waals surface area contributed by atoms with Crippen molar-refractivity contribution in [1.29, 1.82) is 0 Å². The van der Waals surface area contributed by atoms with Crippen molar-refractivity contribution in [3.8, 4) is 0 Å². The Morgan fingerprint density at radius 1 is 1.00 bits per heavy atom. The third kappa shape index (κ3) is 3.32. The third-order valence-corrected chi connectivity index (χ3v) is 5.32. The Hall–Kier alpha value is -1.82. The highest BCUT2D eigenvalue weighted by molar-refractivity contribution is 8.04. The van der Waals surface area contributed by atoms with E-state index in [0.717, 1.165) is 4.90 Å². The number of amides is 2. The lowest BCUT2D eigenvalue weighted by atomic mass is 10.1. The molecule has 2 aromatic carbocycles. The topological polar surface area (TPSA) is 37.4 Å². The Kier molecular flexibility index (Phi) is 5.18. The van der Waals surface area contributed by atoms with Crippen LogP contribution in [-0.4, -0.2) is 17.6 Å². The second kappa shape index (κ2) is 7.20. The quantitative estimate of drug-likeness (QED) is 0.670. The molecule has 0 N–H and O–H groups in total. The first-order chi connectivity index (χ1) is 11.9. The van der Waals surface area contributed by atoms with Crippen LogP contribution in [0.25, 0.3) is 5.57 Å². The first-order valence-corrected chi connectivity index (χ1v) is 9.15. The minimum atomic E-state index is -0.467. The van der Waals surface area contributed by atoms with Gasteiger partial charge in [0.2, 0.25) is 0 Å². The average Bonchev–Trinajstić information content (AvgIpc) is 2.82. The summed E-state index contributed by atoms with van der Waals surface area (Å²) in [6, 6.07) is 10.1. The number of anilines is 1. The SMILES string of the molecule is CCSC1=C(c2ccc(F)cc2)C(=O)N(c2ccc(Cl)c(Cl)c2)C1=O. The summed E-state index contributed by atoms with van der Waals surface area (Å²) >= 11 is 13.2. The van der Waals surface area contributed by atoms with Gasteiger partial charge in [-0.3, -0.25) is 9.59 Å². The third-order valence-electron chi connectivity index (χ3n) is 3.62. The van der Waals surface area contributed by atoms with E-state index in [1.807, 2.05) is 6.92 Å². The first kappa shape index (κ1) is 18.0. The molecule has 1 aliphatic rings. The number of rotatable bonds is 4. The van der Waals surface area contributed by atoms with Gasteiger partial charge in [0.05, 0.1) is 26.2 Å². The maximum absolute atomic E-state index is 13.2. The largest absolute Gasteiger partial charge is 0.272 e. The summed E-state index contributed by atoms with van der Waals surface area (Å²) < 4.78 is 13.2. The molecule has 0 bridgehead atoms. The van der Waals surface area contributed by atoms with Gasteiger partial charge in [0, 0.05) is 0 Å². The average molecular weight is 396 g/mol. The molecule has 3 rings (SSSR count). The van der Waals surface area contributed by atoms with Gasteiger partial charge in [0.15, 0.2) is 0 Å². The highest BCUT2D eigenvalue weighted by Crippen LogP contribution is 2.39. The predicted molar refractivity (Wildman–Crippen MR) is 100 cm³/mol. The van der Waals surface area contributed by atoms with E-state index in [1.54, 1.807) is 6.07 Å². The Labute approximate surface area is 158 Å². The van der Waals surface area contributed by atoms with Crippen molar-refractivity contribution in [2.24, 2.45) is 0 Å². The molecule has 128 valence electrons. The standard InChI is InChI=1S/C18H12Cl2FNO2S/c1-2-25-16-15(10-3-5-11(21)6-4-10)17(23)22(18(16)24)12-7-8-13(19)14(20)9-12/h3-9H,2H2,1H3. The number of hydrogen-bond acceptors (Lipinski definition) is 3. The van der Waals surface area contributed by atoms with E-state index in [9.17, 15) is 14.0 Å². The van der Waals surface area contributed by atoms with Gasteiger partial charge < -0.3 is 0 Å². The van der Waals surface area contributed by atoms with E-state index >= 15 is 0 Å². The number of nitrogens with zero attached hydrogens (tertiary/aromatic N) is 1. The summed E-state index contributed by atoms with van der Waals surface area (Å²) in [5.74, 6) is -0.679. The number of carbonyl (C=O) groups excluding carboxylic acids is 2. The lowest BCUT2D eigenvalue weighted by Gasteiger charge is -2.15. The monoisotopic (exact) mass is 395 g/mol.